The molecule has 0 aliphatic carbocycles. The number of halogens is 1. The van der Waals surface area contributed by atoms with Crippen molar-refractivity contribution in [1.82, 2.24) is 5.32 Å². The third kappa shape index (κ3) is 26.2. The van der Waals surface area contributed by atoms with Crippen LogP contribution >= 0.6 is 0 Å². The van der Waals surface area contributed by atoms with Gasteiger partial charge in [0.15, 0.2) is 6.36 Å². The van der Waals surface area contributed by atoms with Crippen molar-refractivity contribution in [2.24, 2.45) is 0 Å². The van der Waals surface area contributed by atoms with Crippen molar-refractivity contribution in [3.05, 3.63) is 12.2 Å². The summed E-state index contributed by atoms with van der Waals surface area (Å²) in [5, 5.41) is 2.75. The fourth-order valence-electron chi connectivity index (χ4n) is 0.257. The summed E-state index contributed by atoms with van der Waals surface area (Å²) in [6.45, 7) is 7.00. The Balaban J connectivity index is 0. The van der Waals surface area contributed by atoms with Gasteiger partial charge in [0.1, 0.15) is 0 Å². The average molecular weight is 163 g/mol. The van der Waals surface area contributed by atoms with Gasteiger partial charge in [-0.15, -0.1) is 0 Å². The van der Waals surface area contributed by atoms with Crippen LogP contribution in [-0.4, -0.2) is 27.1 Å². The number of hydrogen-bond acceptors (Lipinski definition) is 2. The molecule has 0 aliphatic rings. The van der Waals surface area contributed by atoms with E-state index in [1.165, 1.54) is 6.92 Å². The van der Waals surface area contributed by atoms with E-state index in [1.54, 1.807) is 6.92 Å². The van der Waals surface area contributed by atoms with E-state index in [1.807, 2.05) is 14.1 Å². The minimum atomic E-state index is -1.17. The average Bonchev–Trinajstić information content (AvgIpc) is 1.85. The number of alkyl halides is 1. The summed E-state index contributed by atoms with van der Waals surface area (Å²) in [6, 6.07) is 0. The van der Waals surface area contributed by atoms with Gasteiger partial charge in [-0.1, -0.05) is 12.2 Å². The predicted octanol–water partition coefficient (Wildman–Crippen LogP) is 1.73. The van der Waals surface area contributed by atoms with Gasteiger partial charge < -0.3 is 10.1 Å². The second kappa shape index (κ2) is 9.59. The third-order valence-corrected chi connectivity index (χ3v) is 0.559. The Bertz CT molecular complexity index is 94.1. The zero-order valence-corrected chi connectivity index (χ0v) is 7.78. The van der Waals surface area contributed by atoms with Crippen LogP contribution in [-0.2, 0) is 4.74 Å². The number of nitrogens with one attached hydrogen (secondary N) is 1. The smallest absolute Gasteiger partial charge is 0.196 e. The highest BCUT2D eigenvalue weighted by Gasteiger charge is 1.94. The first kappa shape index (κ1) is 13.2. The van der Waals surface area contributed by atoms with Crippen LogP contribution in [0.2, 0.25) is 0 Å². The molecule has 0 spiro atoms. The predicted molar refractivity (Wildman–Crippen MR) is 46.3 cm³/mol. The van der Waals surface area contributed by atoms with Gasteiger partial charge >= 0.3 is 0 Å². The van der Waals surface area contributed by atoms with Crippen molar-refractivity contribution >= 4 is 0 Å². The molecule has 0 fully saturated rings. The lowest BCUT2D eigenvalue weighted by atomic mass is 10.4. The van der Waals surface area contributed by atoms with E-state index in [0.29, 0.717) is 6.61 Å². The first-order valence-electron chi connectivity index (χ1n) is 3.53. The van der Waals surface area contributed by atoms with Gasteiger partial charge in [-0.25, -0.2) is 4.39 Å². The molecule has 11 heavy (non-hydrogen) atoms. The fourth-order valence-corrected chi connectivity index (χ4v) is 0.257. The number of ether oxygens (including phenoxy) is 1. The van der Waals surface area contributed by atoms with Crippen LogP contribution < -0.4 is 5.32 Å². The molecule has 3 heteroatoms. The summed E-state index contributed by atoms with van der Waals surface area (Å²) in [6.07, 6.45) is -1.17. The Kier molecular flexibility index (Phi) is 11.5. The highest BCUT2D eigenvalue weighted by molar-refractivity contribution is 4.87. The van der Waals surface area contributed by atoms with Crippen molar-refractivity contribution in [3.63, 3.8) is 0 Å². The Morgan fingerprint density at radius 2 is 2.00 bits per heavy atom. The highest BCUT2D eigenvalue weighted by Crippen LogP contribution is 1.94. The zero-order valence-electron chi connectivity index (χ0n) is 7.78. The Morgan fingerprint density at radius 3 is 2.09 bits per heavy atom. The summed E-state index contributed by atoms with van der Waals surface area (Å²) in [7, 11) is 3.75. The second-order valence-corrected chi connectivity index (χ2v) is 2.31. The molecule has 0 heterocycles. The zero-order chi connectivity index (χ0) is 9.28. The van der Waals surface area contributed by atoms with Gasteiger partial charge in [0, 0.05) is 0 Å². The molecule has 68 valence electrons. The topological polar surface area (TPSA) is 21.3 Å². The van der Waals surface area contributed by atoms with Crippen molar-refractivity contribution in [2.75, 3.05) is 20.7 Å². The van der Waals surface area contributed by atoms with Crippen LogP contribution in [0.5, 0.6) is 0 Å². The van der Waals surface area contributed by atoms with Crippen LogP contribution in [0, 0.1) is 0 Å². The second-order valence-electron chi connectivity index (χ2n) is 2.31. The van der Waals surface area contributed by atoms with E-state index in [2.05, 4.69) is 16.6 Å². The summed E-state index contributed by atoms with van der Waals surface area (Å²) < 4.78 is 16.3. The minimum Gasteiger partial charge on any atom is -0.344 e. The Hall–Kier alpha value is -0.410. The minimum absolute atomic E-state index is 0.317. The molecule has 0 aromatic rings. The molecule has 0 saturated carbocycles. The van der Waals surface area contributed by atoms with Gasteiger partial charge in [-0.05, 0) is 27.9 Å². The van der Waals surface area contributed by atoms with Crippen molar-refractivity contribution in [2.45, 2.75) is 20.2 Å². The van der Waals surface area contributed by atoms with E-state index in [-0.39, 0.29) is 0 Å². The van der Waals surface area contributed by atoms with E-state index in [9.17, 15) is 4.39 Å². The summed E-state index contributed by atoms with van der Waals surface area (Å²) in [5.74, 6) is 0. The van der Waals surface area contributed by atoms with Crippen LogP contribution in [0.15, 0.2) is 12.2 Å². The molecule has 0 saturated heterocycles. The van der Waals surface area contributed by atoms with Crippen LogP contribution in [0.4, 0.5) is 4.39 Å². The number of rotatable bonds is 3. The first-order chi connectivity index (χ1) is 5.04. The lowest BCUT2D eigenvalue weighted by Gasteiger charge is -2.01. The van der Waals surface area contributed by atoms with Crippen LogP contribution in [0.25, 0.3) is 0 Å². The molecule has 0 aromatic carbocycles. The quantitative estimate of drug-likeness (QED) is 0.640. The molecular formula is C8H18FNO. The monoisotopic (exact) mass is 163 g/mol. The third-order valence-electron chi connectivity index (χ3n) is 0.559. The normalized spacial score (nSPS) is 11.4. The largest absolute Gasteiger partial charge is 0.344 e. The number of hydrogen-bond donors (Lipinski definition) is 1. The molecule has 0 radical (unpaired) electrons. The van der Waals surface area contributed by atoms with Gasteiger partial charge in [0.2, 0.25) is 0 Å². The molecule has 0 bridgehead atoms. The Morgan fingerprint density at radius 1 is 1.64 bits per heavy atom. The first-order valence-corrected chi connectivity index (χ1v) is 3.53. The summed E-state index contributed by atoms with van der Waals surface area (Å²) >= 11 is 0. The molecule has 0 rings (SSSR count). The van der Waals surface area contributed by atoms with Crippen LogP contribution in [0.3, 0.4) is 0 Å². The van der Waals surface area contributed by atoms with E-state index >= 15 is 0 Å². The maximum Gasteiger partial charge on any atom is 0.196 e. The lowest BCUT2D eigenvalue weighted by molar-refractivity contribution is -0.0124. The van der Waals surface area contributed by atoms with Gasteiger partial charge in [0.05, 0.1) is 6.61 Å². The maximum absolute atomic E-state index is 11.8. The van der Waals surface area contributed by atoms with E-state index in [4.69, 9.17) is 0 Å². The molecule has 1 unspecified atom stereocenters. The van der Waals surface area contributed by atoms with Gasteiger partial charge in [-0.2, -0.15) is 0 Å². The Labute approximate surface area is 68.4 Å². The molecule has 1 atom stereocenters. The summed E-state index contributed by atoms with van der Waals surface area (Å²) in [5.41, 5.74) is 0.842. The molecular weight excluding hydrogens is 145 g/mol. The van der Waals surface area contributed by atoms with Gasteiger partial charge in [0.25, 0.3) is 0 Å². The highest BCUT2D eigenvalue weighted by atomic mass is 19.1. The molecule has 2 nitrogen and oxygen atoms in total. The lowest BCUT2D eigenvalue weighted by Crippen LogP contribution is -2.01. The standard InChI is InChI=1S/C6H11FO.C2H7N/c1-5(2)4-8-6(3)7;1-3-2/h6H,1,4H2,2-3H3;3H,1-2H3. The van der Waals surface area contributed by atoms with E-state index < -0.39 is 6.36 Å². The maximum atomic E-state index is 11.8. The van der Waals surface area contributed by atoms with Crippen LogP contribution in [0.1, 0.15) is 13.8 Å². The fraction of sp³-hybridized carbons (Fsp3) is 0.750. The van der Waals surface area contributed by atoms with Crippen molar-refractivity contribution in [1.29, 1.82) is 0 Å². The summed E-state index contributed by atoms with van der Waals surface area (Å²) in [4.78, 5) is 0. The molecule has 0 aromatic heterocycles. The molecule has 0 amide bonds. The van der Waals surface area contributed by atoms with Crippen molar-refractivity contribution in [3.8, 4) is 0 Å². The van der Waals surface area contributed by atoms with Crippen molar-refractivity contribution < 1.29 is 9.13 Å². The molecule has 0 aliphatic heterocycles. The van der Waals surface area contributed by atoms with Gasteiger partial charge in [-0.3, -0.25) is 0 Å². The molecule has 1 N–H and O–H groups in total. The van der Waals surface area contributed by atoms with E-state index in [0.717, 1.165) is 5.57 Å². The SMILES string of the molecule is C=C(C)COC(C)F.CNC.